The second-order valence-corrected chi connectivity index (χ2v) is 3.99. The molecule has 6 heteroatoms. The summed E-state index contributed by atoms with van der Waals surface area (Å²) in [7, 11) is 0. The van der Waals surface area contributed by atoms with Crippen molar-refractivity contribution in [1.82, 2.24) is 0 Å². The Kier molecular flexibility index (Phi) is 3.65. The number of hydrogen-bond acceptors (Lipinski definition) is 5. The maximum atomic E-state index is 10.6. The number of ether oxygens (including phenoxy) is 1. The highest BCUT2D eigenvalue weighted by Crippen LogP contribution is 2.20. The Hall–Kier alpha value is -1.53. The van der Waals surface area contributed by atoms with Crippen LogP contribution in [0.5, 0.6) is 0 Å². The minimum absolute atomic E-state index is 0.208. The van der Waals surface area contributed by atoms with Crippen molar-refractivity contribution in [3.8, 4) is 0 Å². The van der Waals surface area contributed by atoms with Crippen LogP contribution in [0, 0.1) is 0 Å². The number of carboxylic acids is 1. The van der Waals surface area contributed by atoms with Crippen LogP contribution < -0.4 is 10.6 Å². The van der Waals surface area contributed by atoms with E-state index in [9.17, 15) is 4.79 Å². The SMILES string of the molecule is N[C@@H](Cc1ccc(N2CCOCC2)o1)C(=O)O. The number of carboxylic acid groups (broad SMARTS) is 1. The fraction of sp³-hybridized carbons (Fsp3) is 0.545. The van der Waals surface area contributed by atoms with Gasteiger partial charge < -0.3 is 24.9 Å². The minimum Gasteiger partial charge on any atom is -0.480 e. The third kappa shape index (κ3) is 2.98. The van der Waals surface area contributed by atoms with E-state index in [4.69, 9.17) is 20.0 Å². The van der Waals surface area contributed by atoms with Gasteiger partial charge in [0.25, 0.3) is 0 Å². The zero-order valence-corrected chi connectivity index (χ0v) is 9.46. The molecule has 1 atom stereocenters. The highest BCUT2D eigenvalue weighted by Gasteiger charge is 2.17. The zero-order chi connectivity index (χ0) is 12.3. The molecular formula is C11H16N2O4. The molecule has 17 heavy (non-hydrogen) atoms. The number of aliphatic carboxylic acids is 1. The molecule has 0 spiro atoms. The van der Waals surface area contributed by atoms with Gasteiger partial charge in [-0.1, -0.05) is 0 Å². The average Bonchev–Trinajstić information content (AvgIpc) is 2.78. The molecule has 0 aliphatic carbocycles. The van der Waals surface area contributed by atoms with E-state index in [1.54, 1.807) is 6.07 Å². The first-order chi connectivity index (χ1) is 8.16. The molecule has 1 aliphatic rings. The maximum absolute atomic E-state index is 10.6. The highest BCUT2D eigenvalue weighted by molar-refractivity contribution is 5.73. The van der Waals surface area contributed by atoms with Gasteiger partial charge in [-0.25, -0.2) is 0 Å². The molecular weight excluding hydrogens is 224 g/mol. The molecule has 1 aromatic heterocycles. The van der Waals surface area contributed by atoms with E-state index in [0.29, 0.717) is 19.0 Å². The first kappa shape index (κ1) is 11.9. The monoisotopic (exact) mass is 240 g/mol. The van der Waals surface area contributed by atoms with E-state index >= 15 is 0 Å². The first-order valence-corrected chi connectivity index (χ1v) is 5.56. The Morgan fingerprint density at radius 1 is 1.47 bits per heavy atom. The predicted molar refractivity (Wildman–Crippen MR) is 61.1 cm³/mol. The van der Waals surface area contributed by atoms with Crippen LogP contribution >= 0.6 is 0 Å². The number of hydrogen-bond donors (Lipinski definition) is 2. The van der Waals surface area contributed by atoms with E-state index in [1.165, 1.54) is 0 Å². The van der Waals surface area contributed by atoms with Crippen LogP contribution in [0.3, 0.4) is 0 Å². The number of nitrogens with two attached hydrogens (primary N) is 1. The van der Waals surface area contributed by atoms with Crippen molar-refractivity contribution < 1.29 is 19.1 Å². The third-order valence-corrected chi connectivity index (χ3v) is 2.71. The Morgan fingerprint density at radius 2 is 2.18 bits per heavy atom. The quantitative estimate of drug-likeness (QED) is 0.774. The first-order valence-electron chi connectivity index (χ1n) is 5.56. The summed E-state index contributed by atoms with van der Waals surface area (Å²) >= 11 is 0. The smallest absolute Gasteiger partial charge is 0.320 e. The summed E-state index contributed by atoms with van der Waals surface area (Å²) in [6.45, 7) is 2.95. The number of anilines is 1. The van der Waals surface area contributed by atoms with Crippen molar-refractivity contribution in [2.75, 3.05) is 31.2 Å². The summed E-state index contributed by atoms with van der Waals surface area (Å²) in [6, 6.07) is 2.70. The molecule has 2 heterocycles. The molecule has 3 N–H and O–H groups in total. The Labute approximate surface area is 98.9 Å². The highest BCUT2D eigenvalue weighted by atomic mass is 16.5. The largest absolute Gasteiger partial charge is 0.480 e. The third-order valence-electron chi connectivity index (χ3n) is 2.71. The van der Waals surface area contributed by atoms with Crippen LogP contribution in [0.1, 0.15) is 5.76 Å². The van der Waals surface area contributed by atoms with Gasteiger partial charge in [0.1, 0.15) is 11.8 Å². The van der Waals surface area contributed by atoms with Gasteiger partial charge in [0, 0.05) is 25.6 Å². The molecule has 1 aromatic rings. The van der Waals surface area contributed by atoms with Gasteiger partial charge in [-0.15, -0.1) is 0 Å². The lowest BCUT2D eigenvalue weighted by atomic mass is 10.2. The Balaban J connectivity index is 1.97. The molecule has 0 amide bonds. The van der Waals surface area contributed by atoms with Gasteiger partial charge >= 0.3 is 5.97 Å². The summed E-state index contributed by atoms with van der Waals surface area (Å²) in [5.41, 5.74) is 5.44. The molecule has 6 nitrogen and oxygen atoms in total. The van der Waals surface area contributed by atoms with Crippen molar-refractivity contribution in [2.45, 2.75) is 12.5 Å². The van der Waals surface area contributed by atoms with Crippen LogP contribution in [0.4, 0.5) is 5.88 Å². The molecule has 0 aromatic carbocycles. The zero-order valence-electron chi connectivity index (χ0n) is 9.46. The molecule has 1 aliphatic heterocycles. The number of furan rings is 1. The number of morpholine rings is 1. The minimum atomic E-state index is -1.02. The summed E-state index contributed by atoms with van der Waals surface area (Å²) < 4.78 is 10.8. The van der Waals surface area contributed by atoms with Crippen molar-refractivity contribution >= 4 is 11.9 Å². The Bertz CT molecular complexity index is 385. The molecule has 1 saturated heterocycles. The standard InChI is InChI=1S/C11H16N2O4/c12-9(11(14)15)7-8-1-2-10(17-8)13-3-5-16-6-4-13/h1-2,9H,3-7,12H2,(H,14,15)/t9-/m0/s1. The van der Waals surface area contributed by atoms with Crippen LogP contribution in [-0.2, 0) is 16.0 Å². The van der Waals surface area contributed by atoms with Gasteiger partial charge in [0.2, 0.25) is 0 Å². The maximum Gasteiger partial charge on any atom is 0.320 e. The summed E-state index contributed by atoms with van der Waals surface area (Å²) in [6.07, 6.45) is 0.208. The molecule has 0 unspecified atom stereocenters. The van der Waals surface area contributed by atoms with Crippen LogP contribution in [0.15, 0.2) is 16.5 Å². The fourth-order valence-electron chi connectivity index (χ4n) is 1.73. The number of carbonyl (C=O) groups is 1. The summed E-state index contributed by atoms with van der Waals surface area (Å²) in [4.78, 5) is 12.7. The van der Waals surface area contributed by atoms with E-state index in [1.807, 2.05) is 6.07 Å². The average molecular weight is 240 g/mol. The van der Waals surface area contributed by atoms with Crippen LogP contribution in [0.2, 0.25) is 0 Å². The number of rotatable bonds is 4. The second kappa shape index (κ2) is 5.20. The molecule has 0 radical (unpaired) electrons. The van der Waals surface area contributed by atoms with Crippen molar-refractivity contribution in [3.05, 3.63) is 17.9 Å². The van der Waals surface area contributed by atoms with Crippen LogP contribution in [-0.4, -0.2) is 43.4 Å². The van der Waals surface area contributed by atoms with Gasteiger partial charge in [-0.2, -0.15) is 0 Å². The van der Waals surface area contributed by atoms with Crippen molar-refractivity contribution in [2.24, 2.45) is 5.73 Å². The molecule has 0 bridgehead atoms. The van der Waals surface area contributed by atoms with E-state index in [-0.39, 0.29) is 6.42 Å². The van der Waals surface area contributed by atoms with Crippen molar-refractivity contribution in [3.63, 3.8) is 0 Å². The number of nitrogens with zero attached hydrogens (tertiary/aromatic N) is 1. The van der Waals surface area contributed by atoms with Gasteiger partial charge in [-0.05, 0) is 6.07 Å². The lowest BCUT2D eigenvalue weighted by Gasteiger charge is -2.26. The van der Waals surface area contributed by atoms with E-state index in [0.717, 1.165) is 19.0 Å². The topological polar surface area (TPSA) is 88.9 Å². The molecule has 1 fully saturated rings. The fourth-order valence-corrected chi connectivity index (χ4v) is 1.73. The van der Waals surface area contributed by atoms with Gasteiger partial charge in [-0.3, -0.25) is 4.79 Å². The Morgan fingerprint density at radius 3 is 2.82 bits per heavy atom. The predicted octanol–water partition coefficient (Wildman–Crippen LogP) is 0.0706. The normalized spacial score (nSPS) is 18.1. The lowest BCUT2D eigenvalue weighted by molar-refractivity contribution is -0.138. The lowest BCUT2D eigenvalue weighted by Crippen LogP contribution is -2.36. The van der Waals surface area contributed by atoms with Crippen LogP contribution in [0.25, 0.3) is 0 Å². The van der Waals surface area contributed by atoms with Gasteiger partial charge in [0.15, 0.2) is 5.88 Å². The summed E-state index contributed by atoms with van der Waals surface area (Å²) in [5, 5.41) is 8.71. The van der Waals surface area contributed by atoms with Crippen molar-refractivity contribution in [1.29, 1.82) is 0 Å². The molecule has 94 valence electrons. The van der Waals surface area contributed by atoms with E-state index < -0.39 is 12.0 Å². The second-order valence-electron chi connectivity index (χ2n) is 3.99. The molecule has 0 saturated carbocycles. The van der Waals surface area contributed by atoms with E-state index in [2.05, 4.69) is 4.90 Å². The molecule has 2 rings (SSSR count). The summed E-state index contributed by atoms with van der Waals surface area (Å²) in [5.74, 6) is 0.330. The van der Waals surface area contributed by atoms with Gasteiger partial charge in [0.05, 0.1) is 13.2 Å².